The number of amides is 1. The lowest BCUT2D eigenvalue weighted by molar-refractivity contribution is -0.129. The molecule has 0 aliphatic carbocycles. The highest BCUT2D eigenvalue weighted by Crippen LogP contribution is 2.18. The van der Waals surface area contributed by atoms with Crippen molar-refractivity contribution >= 4 is 5.91 Å². The van der Waals surface area contributed by atoms with E-state index in [4.69, 9.17) is 0 Å². The monoisotopic (exact) mass is 278 g/mol. The van der Waals surface area contributed by atoms with Crippen LogP contribution in [0.3, 0.4) is 0 Å². The predicted octanol–water partition coefficient (Wildman–Crippen LogP) is 1.95. The first-order chi connectivity index (χ1) is 9.40. The second kappa shape index (κ2) is 8.02. The van der Waals surface area contributed by atoms with Crippen LogP contribution < -0.4 is 5.32 Å². The zero-order valence-electron chi connectivity index (χ0n) is 12.8. The van der Waals surface area contributed by atoms with Gasteiger partial charge in [0.15, 0.2) is 0 Å². The lowest BCUT2D eigenvalue weighted by Crippen LogP contribution is -2.39. The fourth-order valence-corrected chi connectivity index (χ4v) is 2.20. The summed E-state index contributed by atoms with van der Waals surface area (Å²) in [4.78, 5) is 13.2. The van der Waals surface area contributed by atoms with Crippen LogP contribution in [-0.4, -0.2) is 42.1 Å². The van der Waals surface area contributed by atoms with Crippen LogP contribution in [-0.2, 0) is 4.79 Å². The van der Waals surface area contributed by atoms with Crippen LogP contribution in [0.1, 0.15) is 38.4 Å². The Morgan fingerprint density at radius 3 is 2.35 bits per heavy atom. The van der Waals surface area contributed by atoms with E-state index in [-0.39, 0.29) is 18.0 Å². The molecule has 112 valence electrons. The lowest BCUT2D eigenvalue weighted by atomic mass is 10.0. The van der Waals surface area contributed by atoms with Crippen LogP contribution in [0.2, 0.25) is 0 Å². The van der Waals surface area contributed by atoms with Gasteiger partial charge in [0.05, 0.1) is 6.10 Å². The van der Waals surface area contributed by atoms with Gasteiger partial charge in [0.2, 0.25) is 5.91 Å². The van der Waals surface area contributed by atoms with E-state index in [0.29, 0.717) is 12.8 Å². The lowest BCUT2D eigenvalue weighted by Gasteiger charge is -2.23. The maximum Gasteiger partial charge on any atom is 0.223 e. The number of nitrogens with zero attached hydrogens (tertiary/aromatic N) is 1. The molecule has 0 fully saturated rings. The summed E-state index contributed by atoms with van der Waals surface area (Å²) >= 11 is 0. The number of rotatable bonds is 7. The maximum absolute atomic E-state index is 11.6. The summed E-state index contributed by atoms with van der Waals surface area (Å²) in [7, 11) is 3.52. The molecule has 4 nitrogen and oxygen atoms in total. The Kier molecular flexibility index (Phi) is 6.68. The van der Waals surface area contributed by atoms with Crippen LogP contribution in [0.4, 0.5) is 0 Å². The highest BCUT2D eigenvalue weighted by Gasteiger charge is 2.16. The number of carbonyl (C=O) groups excluding carboxylic acids is 1. The van der Waals surface area contributed by atoms with Crippen LogP contribution in [0, 0.1) is 0 Å². The Morgan fingerprint density at radius 1 is 1.20 bits per heavy atom. The van der Waals surface area contributed by atoms with Crippen LogP contribution in [0.15, 0.2) is 30.3 Å². The predicted molar refractivity (Wildman–Crippen MR) is 81.4 cm³/mol. The molecule has 1 rings (SSSR count). The third kappa shape index (κ3) is 5.72. The minimum Gasteiger partial charge on any atom is -0.388 e. The fraction of sp³-hybridized carbons (Fsp3) is 0.562. The third-order valence-electron chi connectivity index (χ3n) is 3.31. The fourth-order valence-electron chi connectivity index (χ4n) is 2.20. The zero-order valence-corrected chi connectivity index (χ0v) is 12.8. The molecule has 0 aromatic heterocycles. The van der Waals surface area contributed by atoms with E-state index in [0.717, 1.165) is 5.56 Å². The van der Waals surface area contributed by atoms with Gasteiger partial charge in [-0.25, -0.2) is 0 Å². The van der Waals surface area contributed by atoms with Crippen LogP contribution in [0.5, 0.6) is 0 Å². The summed E-state index contributed by atoms with van der Waals surface area (Å²) in [5, 5.41) is 13.5. The standard InChI is InChI=1S/C16H26N2O2/c1-12(17-13(2)11-16(20)18(3)4)10-15(19)14-8-6-5-7-9-14/h5-9,12-13,15,17,19H,10-11H2,1-4H3. The number of carbonyl (C=O) groups is 1. The van der Waals surface area contributed by atoms with Gasteiger partial charge >= 0.3 is 0 Å². The summed E-state index contributed by atoms with van der Waals surface area (Å²) in [6.45, 7) is 4.02. The van der Waals surface area contributed by atoms with E-state index in [1.165, 1.54) is 0 Å². The molecule has 0 bridgehead atoms. The molecule has 0 spiro atoms. The van der Waals surface area contributed by atoms with Gasteiger partial charge in [-0.1, -0.05) is 30.3 Å². The van der Waals surface area contributed by atoms with Crippen molar-refractivity contribution in [1.29, 1.82) is 0 Å². The molecule has 0 heterocycles. The van der Waals surface area contributed by atoms with E-state index in [2.05, 4.69) is 5.32 Å². The quantitative estimate of drug-likeness (QED) is 0.801. The number of aliphatic hydroxyl groups is 1. The van der Waals surface area contributed by atoms with Gasteiger partial charge in [-0.2, -0.15) is 0 Å². The summed E-state index contributed by atoms with van der Waals surface area (Å²) in [6.07, 6.45) is 0.624. The van der Waals surface area contributed by atoms with Gasteiger partial charge in [0.1, 0.15) is 0 Å². The van der Waals surface area contributed by atoms with Gasteiger partial charge in [0, 0.05) is 32.6 Å². The molecule has 3 unspecified atom stereocenters. The van der Waals surface area contributed by atoms with Gasteiger partial charge in [-0.15, -0.1) is 0 Å². The smallest absolute Gasteiger partial charge is 0.223 e. The van der Waals surface area contributed by atoms with E-state index >= 15 is 0 Å². The number of benzene rings is 1. The molecular formula is C16H26N2O2. The molecule has 1 aromatic carbocycles. The highest BCUT2D eigenvalue weighted by atomic mass is 16.3. The largest absolute Gasteiger partial charge is 0.388 e. The summed E-state index contributed by atoms with van der Waals surface area (Å²) in [6, 6.07) is 9.89. The van der Waals surface area contributed by atoms with Crippen molar-refractivity contribution in [2.24, 2.45) is 0 Å². The van der Waals surface area contributed by atoms with Crippen molar-refractivity contribution in [3.05, 3.63) is 35.9 Å². The minimum absolute atomic E-state index is 0.0999. The first-order valence-electron chi connectivity index (χ1n) is 7.09. The number of nitrogens with one attached hydrogen (secondary N) is 1. The molecular weight excluding hydrogens is 252 g/mol. The average molecular weight is 278 g/mol. The summed E-state index contributed by atoms with van der Waals surface area (Å²) in [5.41, 5.74) is 0.929. The average Bonchev–Trinajstić information content (AvgIpc) is 2.39. The van der Waals surface area contributed by atoms with Gasteiger partial charge in [-0.3, -0.25) is 4.79 Å². The van der Waals surface area contributed by atoms with E-state index in [1.54, 1.807) is 19.0 Å². The molecule has 0 saturated carbocycles. The van der Waals surface area contributed by atoms with Crippen molar-refractivity contribution in [3.8, 4) is 0 Å². The van der Waals surface area contributed by atoms with Crippen molar-refractivity contribution in [1.82, 2.24) is 10.2 Å². The van der Waals surface area contributed by atoms with Gasteiger partial charge in [0.25, 0.3) is 0 Å². The summed E-state index contributed by atoms with van der Waals surface area (Å²) < 4.78 is 0. The Hall–Kier alpha value is -1.39. The second-order valence-corrected chi connectivity index (χ2v) is 5.62. The molecule has 0 aliphatic rings. The molecule has 1 amide bonds. The van der Waals surface area contributed by atoms with E-state index in [9.17, 15) is 9.90 Å². The van der Waals surface area contributed by atoms with Crippen molar-refractivity contribution < 1.29 is 9.90 Å². The molecule has 1 aromatic rings. The van der Waals surface area contributed by atoms with Crippen LogP contribution >= 0.6 is 0 Å². The first-order valence-corrected chi connectivity index (χ1v) is 7.09. The maximum atomic E-state index is 11.6. The Labute approximate surface area is 121 Å². The van der Waals surface area contributed by atoms with Crippen molar-refractivity contribution in [2.75, 3.05) is 14.1 Å². The highest BCUT2D eigenvalue weighted by molar-refractivity contribution is 5.76. The van der Waals surface area contributed by atoms with E-state index in [1.807, 2.05) is 44.2 Å². The van der Waals surface area contributed by atoms with Crippen molar-refractivity contribution in [2.45, 2.75) is 44.9 Å². The Bertz CT molecular complexity index is 406. The molecule has 20 heavy (non-hydrogen) atoms. The number of hydrogen-bond donors (Lipinski definition) is 2. The molecule has 3 atom stereocenters. The zero-order chi connectivity index (χ0) is 15.1. The SMILES string of the molecule is CC(CC(=O)N(C)C)NC(C)CC(O)c1ccccc1. The molecule has 0 radical (unpaired) electrons. The second-order valence-electron chi connectivity index (χ2n) is 5.62. The Morgan fingerprint density at radius 2 is 1.80 bits per heavy atom. The Balaban J connectivity index is 2.39. The third-order valence-corrected chi connectivity index (χ3v) is 3.31. The van der Waals surface area contributed by atoms with E-state index < -0.39 is 6.10 Å². The minimum atomic E-state index is -0.476. The van der Waals surface area contributed by atoms with Crippen LogP contribution in [0.25, 0.3) is 0 Å². The van der Waals surface area contributed by atoms with Crippen molar-refractivity contribution in [3.63, 3.8) is 0 Å². The van der Waals surface area contributed by atoms with Gasteiger partial charge < -0.3 is 15.3 Å². The topological polar surface area (TPSA) is 52.6 Å². The summed E-state index contributed by atoms with van der Waals surface area (Å²) in [5.74, 6) is 0.112. The first kappa shape index (κ1) is 16.7. The number of aliphatic hydroxyl groups excluding tert-OH is 1. The molecule has 4 heteroatoms. The number of hydrogen-bond acceptors (Lipinski definition) is 3. The normalized spacial score (nSPS) is 15.4. The van der Waals surface area contributed by atoms with Gasteiger partial charge in [-0.05, 0) is 25.8 Å². The molecule has 0 aliphatic heterocycles. The molecule has 2 N–H and O–H groups in total. The molecule has 0 saturated heterocycles.